The minimum atomic E-state index is -0.166. The average molecular weight is 423 g/mol. The number of halogens is 2. The van der Waals surface area contributed by atoms with Crippen LogP contribution in [0.5, 0.6) is 5.75 Å². The van der Waals surface area contributed by atoms with Crippen LogP contribution in [0.3, 0.4) is 0 Å². The van der Waals surface area contributed by atoms with Crippen molar-refractivity contribution in [1.29, 1.82) is 0 Å². The van der Waals surface area contributed by atoms with Crippen molar-refractivity contribution < 1.29 is 9.13 Å². The van der Waals surface area contributed by atoms with Gasteiger partial charge in [-0.1, -0.05) is 0 Å². The first-order chi connectivity index (χ1) is 13.3. The number of piperazine rings is 1. The smallest absolute Gasteiger partial charge is 0.179 e. The Bertz CT molecular complexity index is 922. The van der Waals surface area contributed by atoms with Crippen LogP contribution in [-0.2, 0) is 6.42 Å². The number of fused-ring (bicyclic) bond motifs is 1. The number of rotatable bonds is 6. The first kappa shape index (κ1) is 20.8. The summed E-state index contributed by atoms with van der Waals surface area (Å²) < 4.78 is 20.2. The summed E-state index contributed by atoms with van der Waals surface area (Å²) in [6.45, 7) is 2.74. The van der Waals surface area contributed by atoms with Gasteiger partial charge in [-0.25, -0.2) is 14.4 Å². The van der Waals surface area contributed by atoms with Gasteiger partial charge in [0.15, 0.2) is 11.6 Å². The zero-order valence-corrected chi connectivity index (χ0v) is 17.4. The predicted octanol–water partition coefficient (Wildman–Crippen LogP) is 4.06. The summed E-state index contributed by atoms with van der Waals surface area (Å²) in [5, 5.41) is 6.69. The highest BCUT2D eigenvalue weighted by molar-refractivity contribution is 7.17. The molecule has 1 fully saturated rings. The molecule has 1 saturated heterocycles. The molecule has 1 aliphatic heterocycles. The van der Waals surface area contributed by atoms with E-state index in [9.17, 15) is 4.39 Å². The highest BCUT2D eigenvalue weighted by atomic mass is 35.5. The van der Waals surface area contributed by atoms with Crippen molar-refractivity contribution in [2.45, 2.75) is 25.3 Å². The fourth-order valence-corrected chi connectivity index (χ4v) is 4.72. The van der Waals surface area contributed by atoms with Gasteiger partial charge >= 0.3 is 0 Å². The standard InChI is InChI=1S/C20H23FN4OS.ClH/c1-26-18-11-23-13-24-20(18)25-8-7-22-10-16(25)4-2-3-14-12-27-19-6-5-15(21)9-17(14)19;/h5-6,9,11-13,16,22H,2-4,7-8,10H2,1H3;1H. The maximum absolute atomic E-state index is 13.6. The van der Waals surface area contributed by atoms with E-state index in [1.165, 1.54) is 11.6 Å². The number of aromatic nitrogens is 2. The van der Waals surface area contributed by atoms with Crippen LogP contribution in [0.4, 0.5) is 10.2 Å². The molecule has 0 spiro atoms. The van der Waals surface area contributed by atoms with Crippen LogP contribution in [0.1, 0.15) is 18.4 Å². The molecule has 28 heavy (non-hydrogen) atoms. The van der Waals surface area contributed by atoms with E-state index < -0.39 is 0 Å². The van der Waals surface area contributed by atoms with Gasteiger partial charge in [0.05, 0.1) is 13.3 Å². The third-order valence-corrected chi connectivity index (χ3v) is 6.11. The first-order valence-corrected chi connectivity index (χ1v) is 10.1. The van der Waals surface area contributed by atoms with Gasteiger partial charge in [0.2, 0.25) is 0 Å². The van der Waals surface area contributed by atoms with E-state index in [0.717, 1.165) is 54.8 Å². The molecule has 0 amide bonds. The summed E-state index contributed by atoms with van der Waals surface area (Å²) in [4.78, 5) is 10.8. The van der Waals surface area contributed by atoms with Crippen LogP contribution >= 0.6 is 23.7 Å². The molecule has 3 heterocycles. The Morgan fingerprint density at radius 2 is 2.29 bits per heavy atom. The molecule has 4 rings (SSSR count). The normalized spacial score (nSPS) is 16.8. The Hall–Kier alpha value is -1.96. The molecule has 5 nitrogen and oxygen atoms in total. The lowest BCUT2D eigenvalue weighted by Crippen LogP contribution is -2.51. The Morgan fingerprint density at radius 3 is 3.14 bits per heavy atom. The molecule has 0 radical (unpaired) electrons. The number of nitrogens with zero attached hydrogens (tertiary/aromatic N) is 3. The Kier molecular flexibility index (Phi) is 7.04. The molecule has 0 saturated carbocycles. The Morgan fingerprint density at radius 1 is 1.39 bits per heavy atom. The van der Waals surface area contributed by atoms with E-state index >= 15 is 0 Å². The molecule has 8 heteroatoms. The summed E-state index contributed by atoms with van der Waals surface area (Å²) >= 11 is 1.69. The van der Waals surface area contributed by atoms with Gasteiger partial charge in [0.1, 0.15) is 12.1 Å². The molecule has 1 atom stereocenters. The zero-order chi connectivity index (χ0) is 18.6. The van der Waals surface area contributed by atoms with Crippen molar-refractivity contribution in [2.75, 3.05) is 31.6 Å². The van der Waals surface area contributed by atoms with Crippen LogP contribution in [0.25, 0.3) is 10.1 Å². The molecule has 3 aromatic rings. The molecule has 1 aliphatic rings. The van der Waals surface area contributed by atoms with Crippen molar-refractivity contribution >= 4 is 39.6 Å². The van der Waals surface area contributed by atoms with Crippen molar-refractivity contribution in [1.82, 2.24) is 15.3 Å². The van der Waals surface area contributed by atoms with Gasteiger partial charge in [-0.05, 0) is 53.8 Å². The number of benzene rings is 1. The van der Waals surface area contributed by atoms with Gasteiger partial charge in [0.25, 0.3) is 0 Å². The van der Waals surface area contributed by atoms with E-state index in [1.54, 1.807) is 37.0 Å². The van der Waals surface area contributed by atoms with Crippen LogP contribution in [-0.4, -0.2) is 42.8 Å². The highest BCUT2D eigenvalue weighted by Crippen LogP contribution is 2.30. The van der Waals surface area contributed by atoms with Gasteiger partial charge in [0, 0.05) is 30.4 Å². The van der Waals surface area contributed by atoms with Gasteiger partial charge in [-0.15, -0.1) is 23.7 Å². The number of hydrogen-bond acceptors (Lipinski definition) is 6. The number of hydrogen-bond donors (Lipinski definition) is 1. The summed E-state index contributed by atoms with van der Waals surface area (Å²) in [6, 6.07) is 5.40. The van der Waals surface area contributed by atoms with E-state index in [1.807, 2.05) is 6.07 Å². The van der Waals surface area contributed by atoms with Gasteiger partial charge < -0.3 is 15.0 Å². The van der Waals surface area contributed by atoms with Crippen molar-refractivity contribution in [3.05, 3.63) is 47.5 Å². The summed E-state index contributed by atoms with van der Waals surface area (Å²) in [6.07, 6.45) is 6.32. The maximum atomic E-state index is 13.6. The molecule has 1 N–H and O–H groups in total. The molecular weight excluding hydrogens is 399 g/mol. The van der Waals surface area contributed by atoms with E-state index in [0.29, 0.717) is 11.8 Å². The number of thiophene rings is 1. The summed E-state index contributed by atoms with van der Waals surface area (Å²) in [7, 11) is 1.65. The fourth-order valence-electron chi connectivity index (χ4n) is 3.74. The molecule has 150 valence electrons. The summed E-state index contributed by atoms with van der Waals surface area (Å²) in [5.41, 5.74) is 1.24. The quantitative estimate of drug-likeness (QED) is 0.649. The second kappa shape index (κ2) is 9.49. The zero-order valence-electron chi connectivity index (χ0n) is 15.7. The lowest BCUT2D eigenvalue weighted by molar-refractivity contribution is 0.397. The van der Waals surface area contributed by atoms with Crippen LogP contribution in [0.2, 0.25) is 0 Å². The van der Waals surface area contributed by atoms with Gasteiger partial charge in [-0.3, -0.25) is 0 Å². The van der Waals surface area contributed by atoms with Crippen LogP contribution in [0.15, 0.2) is 36.1 Å². The Labute approximate surface area is 174 Å². The van der Waals surface area contributed by atoms with Gasteiger partial charge in [-0.2, -0.15) is 0 Å². The topological polar surface area (TPSA) is 50.3 Å². The third kappa shape index (κ3) is 4.37. The Balaban J connectivity index is 0.00000225. The predicted molar refractivity (Wildman–Crippen MR) is 115 cm³/mol. The third-order valence-electron chi connectivity index (χ3n) is 5.10. The molecule has 1 unspecified atom stereocenters. The first-order valence-electron chi connectivity index (χ1n) is 9.23. The van der Waals surface area contributed by atoms with E-state index in [4.69, 9.17) is 4.74 Å². The minimum absolute atomic E-state index is 0. The lowest BCUT2D eigenvalue weighted by Gasteiger charge is -2.37. The highest BCUT2D eigenvalue weighted by Gasteiger charge is 2.25. The van der Waals surface area contributed by atoms with E-state index in [2.05, 4.69) is 25.6 Å². The fraction of sp³-hybridized carbons (Fsp3) is 0.400. The van der Waals surface area contributed by atoms with Crippen LogP contribution < -0.4 is 15.0 Å². The monoisotopic (exact) mass is 422 g/mol. The number of methoxy groups -OCH3 is 1. The van der Waals surface area contributed by atoms with Crippen molar-refractivity contribution in [2.24, 2.45) is 0 Å². The molecule has 2 aromatic heterocycles. The van der Waals surface area contributed by atoms with E-state index in [-0.39, 0.29) is 18.2 Å². The SMILES string of the molecule is COc1cncnc1N1CCNCC1CCCc1csc2ccc(F)cc12.Cl. The number of aryl methyl sites for hydroxylation is 1. The minimum Gasteiger partial charge on any atom is -0.491 e. The lowest BCUT2D eigenvalue weighted by atomic mass is 10.0. The maximum Gasteiger partial charge on any atom is 0.179 e. The second-order valence-electron chi connectivity index (χ2n) is 6.76. The summed E-state index contributed by atoms with van der Waals surface area (Å²) in [5.74, 6) is 1.41. The average Bonchev–Trinajstić information content (AvgIpc) is 3.10. The molecule has 0 bridgehead atoms. The molecule has 1 aromatic carbocycles. The van der Waals surface area contributed by atoms with Crippen molar-refractivity contribution in [3.63, 3.8) is 0 Å². The number of anilines is 1. The van der Waals surface area contributed by atoms with Crippen molar-refractivity contribution in [3.8, 4) is 5.75 Å². The van der Waals surface area contributed by atoms with Crippen LogP contribution in [0, 0.1) is 5.82 Å². The molecule has 0 aliphatic carbocycles. The second-order valence-corrected chi connectivity index (χ2v) is 7.67. The molecular formula is C20H24ClFN4OS. The number of ether oxygens (including phenoxy) is 1. The largest absolute Gasteiger partial charge is 0.491 e. The number of nitrogens with one attached hydrogen (secondary N) is 1.